The smallest absolute Gasteiger partial charge is 0.744 e. The van der Waals surface area contributed by atoms with Crippen LogP contribution in [-0.2, 0) is 30.4 Å². The molecule has 0 saturated heterocycles. The number of hydrogen-bond donors (Lipinski definition) is 7. The summed E-state index contributed by atoms with van der Waals surface area (Å²) in [6, 6.07) is 26.0. The number of nitrogens with one attached hydrogen (secondary N) is 3. The second kappa shape index (κ2) is 23.7. The van der Waals surface area contributed by atoms with Gasteiger partial charge >= 0.3 is 88.7 Å². The second-order valence-electron chi connectivity index (χ2n) is 15.2. The van der Waals surface area contributed by atoms with E-state index in [1.165, 1.54) is 91.0 Å². The largest absolute Gasteiger partial charge is 1.00 e. The van der Waals surface area contributed by atoms with Crippen LogP contribution in [0.1, 0.15) is 31.8 Å². The average Bonchev–Trinajstić information content (AvgIpc) is 3.30. The van der Waals surface area contributed by atoms with Gasteiger partial charge in [0.15, 0.2) is 0 Å². The van der Waals surface area contributed by atoms with Crippen molar-refractivity contribution in [2.75, 3.05) is 39.1 Å². The average molecular weight is 1080 g/mol. The summed E-state index contributed by atoms with van der Waals surface area (Å²) < 4.78 is 112. The third kappa shape index (κ3) is 13.6. The zero-order chi connectivity index (χ0) is 51.0. The number of nitrogens with two attached hydrogens (primary N) is 4. The van der Waals surface area contributed by atoms with Gasteiger partial charge in [-0.05, 0) is 139 Å². The number of azo groups is 2. The van der Waals surface area contributed by atoms with Crippen molar-refractivity contribution in [2.45, 2.75) is 4.90 Å². The minimum absolute atomic E-state index is 0. The molecule has 0 heterocycles. The van der Waals surface area contributed by atoms with E-state index in [-0.39, 0.29) is 162 Å². The van der Waals surface area contributed by atoms with Gasteiger partial charge in [0.2, 0.25) is 11.6 Å². The Labute approximate surface area is 487 Å². The molecule has 24 nitrogen and oxygen atoms in total. The van der Waals surface area contributed by atoms with E-state index in [4.69, 9.17) is 22.9 Å². The maximum absolute atomic E-state index is 13.6. The van der Waals surface area contributed by atoms with E-state index in [0.717, 1.165) is 24.3 Å². The molecule has 0 aliphatic heterocycles. The number of hydrazone groups is 2. The standard InChI is InChI=1S/C44H35N13O11S3.3Na/c45-24-1-12-35(33(47)19-24)54-51-28-7-10-31-22(15-28)17-39(70(63,64)65)41(43(31)58)56-50-27-5-3-26(4-6-27)49-37-14-9-30(21-38(37)69(60,61)62)53-57-42-40(71(66,67)68)18-23-16-29(8-11-32(23)44(42)59)52-55-36-13-2-25(46)20-34(36)48;;;/h1-21,49-50,53H,45-48H2,(H,60,61,62)(H,63,64,65)(H,66,67,68);;;/q;3*+1/p-3/b54-51?,55-52?,56-41-,57-42+;;;. The first kappa shape index (κ1) is 58.9. The van der Waals surface area contributed by atoms with Crippen molar-refractivity contribution in [3.05, 3.63) is 147 Å². The van der Waals surface area contributed by atoms with Crippen molar-refractivity contribution >= 4 is 134 Å². The zero-order valence-corrected chi connectivity index (χ0v) is 47.3. The number of anilines is 8. The zero-order valence-electron chi connectivity index (χ0n) is 38.8. The number of rotatable bonds is 13. The first-order valence-corrected chi connectivity index (χ1v) is 24.3. The maximum atomic E-state index is 13.6. The molecule has 0 fully saturated rings. The fraction of sp³-hybridized carbons (Fsp3) is 0. The molecule has 30 heteroatoms. The molecule has 0 unspecified atom stereocenters. The Morgan fingerprint density at radius 2 is 0.865 bits per heavy atom. The summed E-state index contributed by atoms with van der Waals surface area (Å²) in [5.41, 5.74) is 28.7. The van der Waals surface area contributed by atoms with E-state index < -0.39 is 68.0 Å². The summed E-state index contributed by atoms with van der Waals surface area (Å²) >= 11 is 0. The van der Waals surface area contributed by atoms with Crippen LogP contribution >= 0.6 is 0 Å². The minimum atomic E-state index is -5.35. The summed E-state index contributed by atoms with van der Waals surface area (Å²) in [5.74, 6) is -1.89. The summed E-state index contributed by atoms with van der Waals surface area (Å²) in [6.07, 6.45) is 1.89. The van der Waals surface area contributed by atoms with E-state index in [9.17, 15) is 48.5 Å². The minimum Gasteiger partial charge on any atom is -0.744 e. The quantitative estimate of drug-likeness (QED) is 0.0208. The van der Waals surface area contributed by atoms with Crippen molar-refractivity contribution in [1.82, 2.24) is 0 Å². The topological polar surface area (TPSA) is 420 Å². The molecule has 0 saturated carbocycles. The molecule has 11 N–H and O–H groups in total. The summed E-state index contributed by atoms with van der Waals surface area (Å²) in [4.78, 5) is 24.3. The molecular formula is C44H32N13Na3O11S3. The molecule has 0 atom stereocenters. The Balaban J connectivity index is 0.00000338. The van der Waals surface area contributed by atoms with Gasteiger partial charge in [-0.25, -0.2) is 25.3 Å². The number of hydrogen-bond acceptors (Lipinski definition) is 24. The molecule has 0 bridgehead atoms. The van der Waals surface area contributed by atoms with Crippen molar-refractivity contribution < 1.29 is 137 Å². The Hall–Kier alpha value is -5.99. The molecular weight excluding hydrogens is 1050 g/mol. The van der Waals surface area contributed by atoms with Crippen LogP contribution in [0.4, 0.5) is 68.2 Å². The van der Waals surface area contributed by atoms with Crippen LogP contribution in [0.25, 0.3) is 12.2 Å². The van der Waals surface area contributed by atoms with Crippen molar-refractivity contribution in [2.24, 2.45) is 30.7 Å². The molecule has 8 rings (SSSR count). The van der Waals surface area contributed by atoms with Crippen LogP contribution in [0.3, 0.4) is 0 Å². The molecule has 0 radical (unpaired) electrons. The van der Waals surface area contributed by atoms with Gasteiger partial charge in [0.05, 0.1) is 54.5 Å². The van der Waals surface area contributed by atoms with E-state index in [1.807, 2.05) is 0 Å². The Kier molecular flexibility index (Phi) is 18.9. The fourth-order valence-corrected chi connectivity index (χ4v) is 8.80. The number of nitrogens with zero attached hydrogens (tertiary/aromatic N) is 6. The molecule has 2 aliphatic rings. The number of carbonyl (C=O) groups excluding carboxylic acids is 2. The number of benzene rings is 6. The Bertz CT molecular complexity index is 3820. The van der Waals surface area contributed by atoms with Crippen molar-refractivity contribution in [3.8, 4) is 0 Å². The van der Waals surface area contributed by atoms with Gasteiger partial charge in [0, 0.05) is 28.2 Å². The van der Waals surface area contributed by atoms with Gasteiger partial charge in [0.1, 0.15) is 53.2 Å². The van der Waals surface area contributed by atoms with Gasteiger partial charge in [-0.1, -0.05) is 0 Å². The van der Waals surface area contributed by atoms with Crippen molar-refractivity contribution in [3.63, 3.8) is 0 Å². The molecule has 2 aliphatic carbocycles. The number of fused-ring (bicyclic) bond motifs is 2. The maximum Gasteiger partial charge on any atom is 1.00 e. The predicted octanol–water partition coefficient (Wildman–Crippen LogP) is -2.39. The first-order chi connectivity index (χ1) is 33.5. The van der Waals surface area contributed by atoms with E-state index >= 15 is 0 Å². The van der Waals surface area contributed by atoms with E-state index in [0.29, 0.717) is 17.1 Å². The molecule has 360 valence electrons. The molecule has 0 aromatic heterocycles. The number of ketones is 2. The third-order valence-corrected chi connectivity index (χ3v) is 12.8. The van der Waals surface area contributed by atoms with Gasteiger partial charge < -0.3 is 41.9 Å². The molecule has 0 amide bonds. The summed E-state index contributed by atoms with van der Waals surface area (Å²) in [7, 11) is -15.9. The SMILES string of the molecule is Nc1ccc(N=Nc2ccc3c(c2)C=C(S(=O)(=O)[O-])/C(=N\Nc2ccc(Nc4ccc(N/N=C5\C(=O)c6ccc(N=Nc7ccc(N)cc7N)cc6C=C5S(=O)(=O)[O-])cc4)c(S(=O)(=O)[O-])c2)C3=O)c(N)c1.[Na+].[Na+].[Na+]. The number of allylic oxidation sites excluding steroid dienone is 2. The van der Waals surface area contributed by atoms with E-state index in [2.05, 4.69) is 46.8 Å². The van der Waals surface area contributed by atoms with Gasteiger partial charge in [-0.15, -0.1) is 10.2 Å². The van der Waals surface area contributed by atoms with E-state index in [1.54, 1.807) is 12.1 Å². The molecule has 6 aromatic carbocycles. The fourth-order valence-electron chi connectivity index (χ4n) is 6.85. The summed E-state index contributed by atoms with van der Waals surface area (Å²) in [6.45, 7) is 0. The summed E-state index contributed by atoms with van der Waals surface area (Å²) in [5, 5.41) is 26.8. The predicted molar refractivity (Wildman–Crippen MR) is 262 cm³/mol. The number of carbonyl (C=O) groups is 2. The number of nitrogen functional groups attached to an aromatic ring is 4. The number of Topliss-reactive ketones (excluding diaryl/α,β-unsaturated/α-hetero) is 2. The second-order valence-corrected chi connectivity index (χ2v) is 19.2. The van der Waals surface area contributed by atoms with Gasteiger partial charge in [-0.2, -0.15) is 20.4 Å². The molecule has 6 aromatic rings. The Morgan fingerprint density at radius 3 is 1.28 bits per heavy atom. The van der Waals surface area contributed by atoms with Gasteiger partial charge in [0.25, 0.3) is 0 Å². The van der Waals surface area contributed by atoms with Crippen LogP contribution in [0.2, 0.25) is 0 Å². The third-order valence-electron chi connectivity index (χ3n) is 10.2. The molecule has 0 spiro atoms. The van der Waals surface area contributed by atoms with Crippen LogP contribution in [0.5, 0.6) is 0 Å². The normalized spacial score (nSPS) is 14.5. The van der Waals surface area contributed by atoms with Crippen LogP contribution in [0.15, 0.2) is 161 Å². The Morgan fingerprint density at radius 1 is 0.446 bits per heavy atom. The van der Waals surface area contributed by atoms with Crippen LogP contribution < -0.4 is 128 Å². The molecule has 74 heavy (non-hydrogen) atoms. The van der Waals surface area contributed by atoms with Crippen LogP contribution in [0, 0.1) is 0 Å². The van der Waals surface area contributed by atoms with Crippen LogP contribution in [-0.4, -0.2) is 61.9 Å². The first-order valence-electron chi connectivity index (χ1n) is 20.0. The monoisotopic (exact) mass is 1080 g/mol. The van der Waals surface area contributed by atoms with Crippen molar-refractivity contribution in [1.29, 1.82) is 0 Å². The van der Waals surface area contributed by atoms with Gasteiger partial charge in [-0.3, -0.25) is 20.4 Å².